The van der Waals surface area contributed by atoms with E-state index in [2.05, 4.69) is 37.2 Å². The molecule has 2 unspecified atom stereocenters. The molecule has 0 heterocycles. The van der Waals surface area contributed by atoms with Crippen LogP contribution in [0.1, 0.15) is 13.8 Å². The molecule has 0 aromatic heterocycles. The Morgan fingerprint density at radius 1 is 1.14 bits per heavy atom. The molecule has 7 heavy (non-hydrogen) atoms. The zero-order valence-corrected chi connectivity index (χ0v) is 7.58. The molecule has 0 saturated carbocycles. The summed E-state index contributed by atoms with van der Waals surface area (Å²) >= 11 is 6.67. The highest BCUT2D eigenvalue weighted by Crippen LogP contribution is 1.98. The second-order valence-corrected chi connectivity index (χ2v) is 4.15. The molecule has 3 heteroatoms. The van der Waals surface area contributed by atoms with E-state index in [1.165, 1.54) is 0 Å². The van der Waals surface area contributed by atoms with Crippen molar-refractivity contribution in [1.82, 2.24) is 5.32 Å². The molecule has 0 aliphatic carbocycles. The van der Waals surface area contributed by atoms with Gasteiger partial charge in [-0.15, -0.1) is 0 Å². The van der Waals surface area contributed by atoms with Crippen LogP contribution in [0.5, 0.6) is 0 Å². The van der Waals surface area contributed by atoms with Crippen molar-refractivity contribution in [3.05, 3.63) is 0 Å². The molecular weight excluding hydrogens is 222 g/mol. The molecular formula is C4H9Br2N. The van der Waals surface area contributed by atoms with Crippen molar-refractivity contribution in [1.29, 1.82) is 0 Å². The molecule has 0 bridgehead atoms. The standard InChI is InChI=1S/C4H9Br2N/c1-3(5)7-4(2)6/h3-4,7H,1-2H3. The quantitative estimate of drug-likeness (QED) is 0.566. The van der Waals surface area contributed by atoms with Crippen LogP contribution in [0.15, 0.2) is 0 Å². The summed E-state index contributed by atoms with van der Waals surface area (Å²) < 4.78 is 0. The van der Waals surface area contributed by atoms with E-state index in [1.54, 1.807) is 0 Å². The maximum Gasteiger partial charge on any atom is 0.0610 e. The molecule has 44 valence electrons. The van der Waals surface area contributed by atoms with Crippen molar-refractivity contribution in [3.63, 3.8) is 0 Å². The lowest BCUT2D eigenvalue weighted by Crippen LogP contribution is -2.25. The Labute approximate surface area is 61.1 Å². The third-order valence-electron chi connectivity index (χ3n) is 0.459. The molecule has 0 spiro atoms. The average Bonchev–Trinajstić information content (AvgIpc) is 1.27. The fourth-order valence-electron chi connectivity index (χ4n) is 0.316. The molecule has 0 aliphatic rings. The predicted octanol–water partition coefficient (Wildman–Crippen LogP) is 2.06. The lowest BCUT2D eigenvalue weighted by atomic mass is 10.7. The molecule has 0 aliphatic heterocycles. The Hall–Kier alpha value is 0.920. The van der Waals surface area contributed by atoms with E-state index < -0.39 is 0 Å². The summed E-state index contributed by atoms with van der Waals surface area (Å²) in [5, 5.41) is 3.14. The van der Waals surface area contributed by atoms with E-state index in [1.807, 2.05) is 13.8 Å². The SMILES string of the molecule is CC(Br)NC(C)Br. The summed E-state index contributed by atoms with van der Waals surface area (Å²) in [6, 6.07) is 0. The van der Waals surface area contributed by atoms with Crippen LogP contribution >= 0.6 is 31.9 Å². The number of nitrogens with one attached hydrogen (secondary N) is 1. The number of alkyl halides is 2. The molecule has 0 aromatic rings. The van der Waals surface area contributed by atoms with Gasteiger partial charge in [0.25, 0.3) is 0 Å². The number of halogens is 2. The van der Waals surface area contributed by atoms with E-state index in [9.17, 15) is 0 Å². The molecule has 2 atom stereocenters. The van der Waals surface area contributed by atoms with Crippen molar-refractivity contribution < 1.29 is 0 Å². The van der Waals surface area contributed by atoms with Gasteiger partial charge in [0.2, 0.25) is 0 Å². The maximum atomic E-state index is 3.33. The van der Waals surface area contributed by atoms with Crippen LogP contribution in [-0.2, 0) is 0 Å². The number of hydrogen-bond acceptors (Lipinski definition) is 1. The Balaban J connectivity index is 2.95. The van der Waals surface area contributed by atoms with Gasteiger partial charge in [-0.2, -0.15) is 0 Å². The lowest BCUT2D eigenvalue weighted by Gasteiger charge is -2.06. The topological polar surface area (TPSA) is 12.0 Å². The Kier molecular flexibility index (Phi) is 4.37. The molecule has 1 nitrogen and oxygen atoms in total. The van der Waals surface area contributed by atoms with E-state index >= 15 is 0 Å². The minimum atomic E-state index is 0.391. The minimum absolute atomic E-state index is 0.391. The van der Waals surface area contributed by atoms with Gasteiger partial charge in [-0.25, -0.2) is 0 Å². The Morgan fingerprint density at radius 3 is 1.43 bits per heavy atom. The lowest BCUT2D eigenvalue weighted by molar-refractivity contribution is 0.700. The first-order valence-electron chi connectivity index (χ1n) is 2.17. The first-order valence-corrected chi connectivity index (χ1v) is 4.00. The van der Waals surface area contributed by atoms with E-state index in [-0.39, 0.29) is 0 Å². The maximum absolute atomic E-state index is 3.33. The third kappa shape index (κ3) is 6.92. The van der Waals surface area contributed by atoms with Gasteiger partial charge < -0.3 is 0 Å². The first kappa shape index (κ1) is 7.92. The first-order chi connectivity index (χ1) is 3.13. The highest BCUT2D eigenvalue weighted by atomic mass is 79.9. The zero-order valence-electron chi connectivity index (χ0n) is 4.41. The Morgan fingerprint density at radius 2 is 1.43 bits per heavy atom. The number of rotatable bonds is 2. The molecule has 0 rings (SSSR count). The fraction of sp³-hybridized carbons (Fsp3) is 1.00. The number of hydrogen-bond donors (Lipinski definition) is 1. The molecule has 0 amide bonds. The van der Waals surface area contributed by atoms with Gasteiger partial charge in [-0.05, 0) is 13.8 Å². The van der Waals surface area contributed by atoms with Crippen molar-refractivity contribution in [2.75, 3.05) is 0 Å². The van der Waals surface area contributed by atoms with Crippen molar-refractivity contribution in [2.24, 2.45) is 0 Å². The van der Waals surface area contributed by atoms with Gasteiger partial charge in [-0.3, -0.25) is 5.32 Å². The summed E-state index contributed by atoms with van der Waals surface area (Å²) in [5.41, 5.74) is 0. The normalized spacial score (nSPS) is 18.9. The molecule has 1 N–H and O–H groups in total. The van der Waals surface area contributed by atoms with Gasteiger partial charge in [0, 0.05) is 0 Å². The van der Waals surface area contributed by atoms with Gasteiger partial charge >= 0.3 is 0 Å². The van der Waals surface area contributed by atoms with Crippen molar-refractivity contribution in [2.45, 2.75) is 23.7 Å². The largest absolute Gasteiger partial charge is 0.293 e. The van der Waals surface area contributed by atoms with Crippen molar-refractivity contribution in [3.8, 4) is 0 Å². The van der Waals surface area contributed by atoms with Crippen molar-refractivity contribution >= 4 is 31.9 Å². The predicted molar refractivity (Wildman–Crippen MR) is 39.9 cm³/mol. The van der Waals surface area contributed by atoms with Crippen LogP contribution in [-0.4, -0.2) is 9.90 Å². The van der Waals surface area contributed by atoms with Gasteiger partial charge in [0.1, 0.15) is 0 Å². The zero-order chi connectivity index (χ0) is 5.86. The fourth-order valence-corrected chi connectivity index (χ4v) is 1.46. The highest BCUT2D eigenvalue weighted by molar-refractivity contribution is 9.10. The van der Waals surface area contributed by atoms with Crippen LogP contribution in [0.3, 0.4) is 0 Å². The van der Waals surface area contributed by atoms with Crippen LogP contribution in [0, 0.1) is 0 Å². The monoisotopic (exact) mass is 229 g/mol. The van der Waals surface area contributed by atoms with Crippen LogP contribution < -0.4 is 5.32 Å². The van der Waals surface area contributed by atoms with Gasteiger partial charge in [-0.1, -0.05) is 31.9 Å². The summed E-state index contributed by atoms with van der Waals surface area (Å²) in [6.45, 7) is 4.08. The van der Waals surface area contributed by atoms with Gasteiger partial charge in [0.15, 0.2) is 0 Å². The minimum Gasteiger partial charge on any atom is -0.293 e. The molecule has 0 fully saturated rings. The molecule has 0 radical (unpaired) electrons. The molecule has 0 aromatic carbocycles. The highest BCUT2D eigenvalue weighted by Gasteiger charge is 1.95. The summed E-state index contributed by atoms with van der Waals surface area (Å²) in [5.74, 6) is 0. The molecule has 0 saturated heterocycles. The summed E-state index contributed by atoms with van der Waals surface area (Å²) in [7, 11) is 0. The van der Waals surface area contributed by atoms with Gasteiger partial charge in [0.05, 0.1) is 9.90 Å². The Bertz CT molecular complexity index is 39.0. The van der Waals surface area contributed by atoms with E-state index in [0.29, 0.717) is 9.90 Å². The summed E-state index contributed by atoms with van der Waals surface area (Å²) in [6.07, 6.45) is 0. The summed E-state index contributed by atoms with van der Waals surface area (Å²) in [4.78, 5) is 0.781. The van der Waals surface area contributed by atoms with E-state index in [4.69, 9.17) is 0 Å². The van der Waals surface area contributed by atoms with E-state index in [0.717, 1.165) is 0 Å². The second kappa shape index (κ2) is 3.87. The van der Waals surface area contributed by atoms with Crippen LogP contribution in [0.2, 0.25) is 0 Å². The third-order valence-corrected chi connectivity index (χ3v) is 0.988. The van der Waals surface area contributed by atoms with Crippen LogP contribution in [0.25, 0.3) is 0 Å². The average molecular weight is 231 g/mol. The smallest absolute Gasteiger partial charge is 0.0610 e. The van der Waals surface area contributed by atoms with Crippen LogP contribution in [0.4, 0.5) is 0 Å². The second-order valence-electron chi connectivity index (χ2n) is 1.40.